The molecule has 0 aliphatic heterocycles. The predicted octanol–water partition coefficient (Wildman–Crippen LogP) is 12.5. The Morgan fingerprint density at radius 3 is 1.51 bits per heavy atom. The summed E-state index contributed by atoms with van der Waals surface area (Å²) in [5.74, 6) is 0.986. The minimum Gasteiger partial charge on any atom is -0.416 e. The molecule has 1 aliphatic rings. The molecule has 7 aromatic carbocycles. The molecule has 6 nitrogen and oxygen atoms in total. The molecular formula is C49H35N5O. The molecule has 0 saturated heterocycles. The maximum atomic E-state index is 6.07. The van der Waals surface area contributed by atoms with Gasteiger partial charge in [0.25, 0.3) is 0 Å². The van der Waals surface area contributed by atoms with Crippen molar-refractivity contribution < 1.29 is 4.42 Å². The number of para-hydroxylation sites is 3. The molecule has 0 radical (unpaired) electrons. The van der Waals surface area contributed by atoms with Crippen LogP contribution in [0.15, 0.2) is 180 Å². The van der Waals surface area contributed by atoms with E-state index in [0.29, 0.717) is 11.8 Å². The molecule has 0 bridgehead atoms. The van der Waals surface area contributed by atoms with Gasteiger partial charge in [0.15, 0.2) is 0 Å². The molecule has 6 heteroatoms. The predicted molar refractivity (Wildman–Crippen MR) is 221 cm³/mol. The lowest BCUT2D eigenvalue weighted by molar-refractivity contribution is 0.584. The molecular weight excluding hydrogens is 675 g/mol. The van der Waals surface area contributed by atoms with Crippen molar-refractivity contribution in [3.8, 4) is 56.6 Å². The highest BCUT2D eigenvalue weighted by molar-refractivity contribution is 5.90. The summed E-state index contributed by atoms with van der Waals surface area (Å²) in [6.45, 7) is 4.65. The van der Waals surface area contributed by atoms with E-state index in [4.69, 9.17) is 14.4 Å². The molecule has 0 atom stereocenters. The van der Waals surface area contributed by atoms with Gasteiger partial charge < -0.3 is 9.32 Å². The van der Waals surface area contributed by atoms with Gasteiger partial charge in [0, 0.05) is 44.7 Å². The maximum Gasteiger partial charge on any atom is 0.248 e. The third-order valence-corrected chi connectivity index (χ3v) is 10.6. The van der Waals surface area contributed by atoms with Crippen molar-refractivity contribution in [3.05, 3.63) is 187 Å². The first-order chi connectivity index (χ1) is 27.0. The number of anilines is 3. The Morgan fingerprint density at radius 2 is 0.873 bits per heavy atom. The third-order valence-electron chi connectivity index (χ3n) is 10.6. The van der Waals surface area contributed by atoms with Crippen LogP contribution in [0.3, 0.4) is 0 Å². The van der Waals surface area contributed by atoms with Gasteiger partial charge in [-0.05, 0) is 101 Å². The van der Waals surface area contributed by atoms with Crippen molar-refractivity contribution in [3.63, 3.8) is 0 Å². The van der Waals surface area contributed by atoms with Crippen LogP contribution in [0.25, 0.3) is 67.6 Å². The second-order valence-corrected chi connectivity index (χ2v) is 14.4. The number of rotatable bonds is 7. The van der Waals surface area contributed by atoms with Crippen molar-refractivity contribution in [1.29, 1.82) is 0 Å². The van der Waals surface area contributed by atoms with Gasteiger partial charge in [-0.2, -0.15) is 0 Å². The summed E-state index contributed by atoms with van der Waals surface area (Å²) in [6, 6.07) is 60.7. The highest BCUT2D eigenvalue weighted by Crippen LogP contribution is 2.52. The minimum atomic E-state index is -0.269. The second-order valence-electron chi connectivity index (χ2n) is 14.4. The number of fused-ring (bicyclic) bond motifs is 4. The van der Waals surface area contributed by atoms with Crippen LogP contribution in [0.2, 0.25) is 0 Å². The molecule has 10 rings (SSSR count). The molecule has 9 aromatic rings. The largest absolute Gasteiger partial charge is 0.416 e. The molecule has 2 heterocycles. The van der Waals surface area contributed by atoms with Crippen LogP contribution in [0, 0.1) is 0 Å². The van der Waals surface area contributed by atoms with E-state index >= 15 is 0 Å². The van der Waals surface area contributed by atoms with Gasteiger partial charge in [-0.3, -0.25) is 0 Å². The summed E-state index contributed by atoms with van der Waals surface area (Å²) in [5, 5.41) is 8.65. The fraction of sp³-hybridized carbons (Fsp3) is 0.0612. The van der Waals surface area contributed by atoms with E-state index in [1.807, 2.05) is 78.9 Å². The van der Waals surface area contributed by atoms with Gasteiger partial charge in [0.2, 0.25) is 11.8 Å². The standard InChI is InChI=1S/C49H35N5O/c1-49(2)41-30-35(46-45(32-14-6-3-7-15-32)50-43-20-12-13-21-44(43)51-46)24-28-39(41)40-29-27-38(31-42(40)49)54(36-18-10-5-11-19-36)37-25-22-34(23-26-37)48-53-52-47(55-48)33-16-8-4-9-17-33/h3-31H,1-2H3. The molecule has 0 amide bonds. The third kappa shape index (κ3) is 5.67. The summed E-state index contributed by atoms with van der Waals surface area (Å²) in [7, 11) is 0. The quantitative estimate of drug-likeness (QED) is 0.164. The average molecular weight is 710 g/mol. The van der Waals surface area contributed by atoms with Gasteiger partial charge in [-0.25, -0.2) is 9.97 Å². The molecule has 0 unspecified atom stereocenters. The summed E-state index contributed by atoms with van der Waals surface area (Å²) in [6.07, 6.45) is 0. The van der Waals surface area contributed by atoms with Gasteiger partial charge in [0.1, 0.15) is 0 Å². The molecule has 2 aromatic heterocycles. The summed E-state index contributed by atoms with van der Waals surface area (Å²) in [4.78, 5) is 12.6. The molecule has 262 valence electrons. The summed E-state index contributed by atoms with van der Waals surface area (Å²) in [5.41, 5.74) is 15.3. The van der Waals surface area contributed by atoms with E-state index in [1.165, 1.54) is 22.3 Å². The van der Waals surface area contributed by atoms with Gasteiger partial charge in [-0.15, -0.1) is 10.2 Å². The fourth-order valence-electron chi connectivity index (χ4n) is 7.83. The highest BCUT2D eigenvalue weighted by Gasteiger charge is 2.36. The van der Waals surface area contributed by atoms with Crippen LogP contribution >= 0.6 is 0 Å². The zero-order valence-electron chi connectivity index (χ0n) is 30.4. The average Bonchev–Trinajstić information content (AvgIpc) is 3.83. The van der Waals surface area contributed by atoms with E-state index < -0.39 is 0 Å². The Kier molecular flexibility index (Phi) is 7.70. The number of nitrogens with zero attached hydrogens (tertiary/aromatic N) is 5. The van der Waals surface area contributed by atoms with E-state index in [0.717, 1.165) is 61.7 Å². The lowest BCUT2D eigenvalue weighted by atomic mass is 9.81. The molecule has 0 saturated carbocycles. The topological polar surface area (TPSA) is 67.9 Å². The van der Waals surface area contributed by atoms with E-state index in [2.05, 4.69) is 126 Å². The van der Waals surface area contributed by atoms with Crippen molar-refractivity contribution in [1.82, 2.24) is 20.2 Å². The molecule has 0 fully saturated rings. The van der Waals surface area contributed by atoms with E-state index in [9.17, 15) is 0 Å². The van der Waals surface area contributed by atoms with E-state index in [-0.39, 0.29) is 5.41 Å². The Morgan fingerprint density at radius 1 is 0.418 bits per heavy atom. The number of aromatic nitrogens is 4. The minimum absolute atomic E-state index is 0.269. The summed E-state index contributed by atoms with van der Waals surface area (Å²) < 4.78 is 6.07. The first-order valence-electron chi connectivity index (χ1n) is 18.5. The molecule has 0 N–H and O–H groups in total. The Labute approximate surface area is 319 Å². The smallest absolute Gasteiger partial charge is 0.248 e. The van der Waals surface area contributed by atoms with Crippen molar-refractivity contribution in [2.75, 3.05) is 4.90 Å². The van der Waals surface area contributed by atoms with Crippen LogP contribution in [0.4, 0.5) is 17.1 Å². The highest BCUT2D eigenvalue weighted by atomic mass is 16.4. The Balaban J connectivity index is 1.03. The Hall–Kier alpha value is -7.18. The number of hydrogen-bond acceptors (Lipinski definition) is 6. The zero-order chi connectivity index (χ0) is 36.9. The maximum absolute atomic E-state index is 6.07. The SMILES string of the molecule is CC1(C)c2cc(-c3nc4ccccc4nc3-c3ccccc3)ccc2-c2ccc(N(c3ccccc3)c3ccc(-c4nnc(-c5ccccc5)o4)cc3)cc21. The molecule has 55 heavy (non-hydrogen) atoms. The van der Waals surface area contributed by atoms with Crippen molar-refractivity contribution >= 4 is 28.1 Å². The first kappa shape index (κ1) is 32.5. The monoisotopic (exact) mass is 709 g/mol. The molecule has 1 aliphatic carbocycles. The van der Waals surface area contributed by atoms with Gasteiger partial charge in [0.05, 0.1) is 22.4 Å². The second kappa shape index (κ2) is 13.0. The van der Waals surface area contributed by atoms with Crippen molar-refractivity contribution in [2.24, 2.45) is 0 Å². The van der Waals surface area contributed by atoms with E-state index in [1.54, 1.807) is 0 Å². The van der Waals surface area contributed by atoms with Crippen LogP contribution < -0.4 is 4.90 Å². The lowest BCUT2D eigenvalue weighted by Gasteiger charge is -2.28. The Bertz CT molecular complexity index is 2830. The van der Waals surface area contributed by atoms with Crippen LogP contribution in [0.1, 0.15) is 25.0 Å². The van der Waals surface area contributed by atoms with Crippen LogP contribution in [-0.4, -0.2) is 20.2 Å². The van der Waals surface area contributed by atoms with Gasteiger partial charge in [-0.1, -0.05) is 111 Å². The van der Waals surface area contributed by atoms with Crippen LogP contribution in [0.5, 0.6) is 0 Å². The first-order valence-corrected chi connectivity index (χ1v) is 18.5. The zero-order valence-corrected chi connectivity index (χ0v) is 30.4. The normalized spacial score (nSPS) is 12.7. The number of benzene rings is 7. The fourth-order valence-corrected chi connectivity index (χ4v) is 7.83. The molecule has 0 spiro atoms. The van der Waals surface area contributed by atoms with Crippen LogP contribution in [-0.2, 0) is 5.41 Å². The summed E-state index contributed by atoms with van der Waals surface area (Å²) >= 11 is 0. The van der Waals surface area contributed by atoms with Gasteiger partial charge >= 0.3 is 0 Å². The number of hydrogen-bond donors (Lipinski definition) is 0. The van der Waals surface area contributed by atoms with Crippen molar-refractivity contribution in [2.45, 2.75) is 19.3 Å². The lowest BCUT2D eigenvalue weighted by Crippen LogP contribution is -2.16.